The summed E-state index contributed by atoms with van der Waals surface area (Å²) in [7, 11) is 1.33. The van der Waals surface area contributed by atoms with E-state index in [4.69, 9.17) is 5.73 Å². The van der Waals surface area contributed by atoms with E-state index in [9.17, 15) is 14.4 Å². The maximum Gasteiger partial charge on any atom is 0.312 e. The number of likely N-dealkylation sites (tertiary alicyclic amines) is 1. The van der Waals surface area contributed by atoms with Gasteiger partial charge in [-0.25, -0.2) is 4.79 Å². The quantitative estimate of drug-likeness (QED) is 0.662. The van der Waals surface area contributed by atoms with Crippen LogP contribution in [0.5, 0.6) is 0 Å². The van der Waals surface area contributed by atoms with E-state index in [0.717, 1.165) is 6.42 Å². The average molecular weight is 257 g/mol. The molecule has 1 rings (SSSR count). The van der Waals surface area contributed by atoms with E-state index in [0.29, 0.717) is 19.5 Å². The molecular formula is C11H19N3O4. The lowest BCUT2D eigenvalue weighted by atomic mass is 9.97. The summed E-state index contributed by atoms with van der Waals surface area (Å²) in [5, 5.41) is 2.33. The summed E-state index contributed by atoms with van der Waals surface area (Å²) < 4.78 is 4.68. The molecule has 7 nitrogen and oxygen atoms in total. The smallest absolute Gasteiger partial charge is 0.312 e. The topological polar surface area (TPSA) is 102 Å². The number of piperidine rings is 1. The van der Waals surface area contributed by atoms with Gasteiger partial charge in [-0.1, -0.05) is 0 Å². The first kappa shape index (κ1) is 14.3. The van der Waals surface area contributed by atoms with Crippen molar-refractivity contribution in [2.75, 3.05) is 20.2 Å². The van der Waals surface area contributed by atoms with Gasteiger partial charge in [-0.2, -0.15) is 0 Å². The van der Waals surface area contributed by atoms with E-state index >= 15 is 0 Å². The molecule has 0 bridgehead atoms. The molecule has 102 valence electrons. The van der Waals surface area contributed by atoms with Crippen LogP contribution in [0.4, 0.5) is 4.79 Å². The number of amides is 3. The molecule has 3 N–H and O–H groups in total. The van der Waals surface area contributed by atoms with Crippen LogP contribution >= 0.6 is 0 Å². The molecule has 1 aliphatic heterocycles. The second kappa shape index (κ2) is 6.23. The molecule has 0 saturated carbocycles. The monoisotopic (exact) mass is 257 g/mol. The highest BCUT2D eigenvalue weighted by molar-refractivity contribution is 5.86. The van der Waals surface area contributed by atoms with Gasteiger partial charge >= 0.3 is 12.0 Å². The van der Waals surface area contributed by atoms with Gasteiger partial charge in [0.25, 0.3) is 0 Å². The van der Waals surface area contributed by atoms with Gasteiger partial charge in [-0.3, -0.25) is 9.59 Å². The van der Waals surface area contributed by atoms with Crippen molar-refractivity contribution in [2.45, 2.75) is 25.8 Å². The number of nitrogens with two attached hydrogens (primary N) is 1. The van der Waals surface area contributed by atoms with Crippen molar-refractivity contribution in [3.8, 4) is 0 Å². The van der Waals surface area contributed by atoms with Crippen molar-refractivity contribution < 1.29 is 19.1 Å². The van der Waals surface area contributed by atoms with Gasteiger partial charge in [0.05, 0.1) is 13.0 Å². The molecule has 1 saturated heterocycles. The number of primary amides is 1. The van der Waals surface area contributed by atoms with E-state index in [1.807, 2.05) is 0 Å². The Morgan fingerprint density at radius 1 is 1.44 bits per heavy atom. The van der Waals surface area contributed by atoms with Gasteiger partial charge in [0.1, 0.15) is 6.04 Å². The number of urea groups is 1. The molecule has 0 aromatic rings. The molecule has 7 heteroatoms. The number of ether oxygens (including phenoxy) is 1. The van der Waals surface area contributed by atoms with Crippen LogP contribution in [0.3, 0.4) is 0 Å². The molecule has 1 fully saturated rings. The van der Waals surface area contributed by atoms with Gasteiger partial charge in [-0.05, 0) is 19.8 Å². The first-order valence-corrected chi connectivity index (χ1v) is 5.88. The largest absolute Gasteiger partial charge is 0.469 e. The van der Waals surface area contributed by atoms with Crippen LogP contribution in [0.25, 0.3) is 0 Å². The zero-order valence-electron chi connectivity index (χ0n) is 10.6. The van der Waals surface area contributed by atoms with E-state index in [-0.39, 0.29) is 17.8 Å². The summed E-state index contributed by atoms with van der Waals surface area (Å²) in [6.07, 6.45) is 1.46. The zero-order valence-corrected chi connectivity index (χ0v) is 10.6. The predicted molar refractivity (Wildman–Crippen MR) is 63.5 cm³/mol. The highest BCUT2D eigenvalue weighted by Crippen LogP contribution is 2.18. The van der Waals surface area contributed by atoms with Gasteiger partial charge in [-0.15, -0.1) is 0 Å². The summed E-state index contributed by atoms with van der Waals surface area (Å²) in [5.41, 5.74) is 4.96. The molecule has 1 aliphatic rings. The van der Waals surface area contributed by atoms with Crippen LogP contribution in [0.1, 0.15) is 19.8 Å². The Kier molecular flexibility index (Phi) is 4.94. The molecule has 0 radical (unpaired) electrons. The Balaban J connectivity index is 2.58. The first-order chi connectivity index (χ1) is 8.45. The van der Waals surface area contributed by atoms with Gasteiger partial charge < -0.3 is 20.7 Å². The maximum atomic E-state index is 12.0. The van der Waals surface area contributed by atoms with Crippen molar-refractivity contribution in [3.63, 3.8) is 0 Å². The third kappa shape index (κ3) is 3.61. The number of rotatable bonds is 3. The van der Waals surface area contributed by atoms with Crippen LogP contribution in [0, 0.1) is 5.92 Å². The highest BCUT2D eigenvalue weighted by Gasteiger charge is 2.31. The van der Waals surface area contributed by atoms with Crippen molar-refractivity contribution >= 4 is 17.9 Å². The standard InChI is InChI=1S/C11H19N3O4/c1-7(13-11(12)17)9(15)14-5-3-4-8(6-14)10(16)18-2/h7-8H,3-6H2,1-2H3,(H3,12,13,17). The van der Waals surface area contributed by atoms with Crippen molar-refractivity contribution in [1.29, 1.82) is 0 Å². The number of nitrogens with one attached hydrogen (secondary N) is 1. The summed E-state index contributed by atoms with van der Waals surface area (Å²) in [5.74, 6) is -0.820. The molecule has 2 atom stereocenters. The number of hydrogen-bond acceptors (Lipinski definition) is 4. The Morgan fingerprint density at radius 3 is 2.67 bits per heavy atom. The summed E-state index contributed by atoms with van der Waals surface area (Å²) in [6, 6.07) is -1.42. The normalized spacial score (nSPS) is 21.0. The second-order valence-electron chi connectivity index (χ2n) is 4.38. The molecule has 0 spiro atoms. The molecule has 0 aromatic carbocycles. The molecule has 2 unspecified atom stereocenters. The molecule has 0 aromatic heterocycles. The van der Waals surface area contributed by atoms with E-state index in [2.05, 4.69) is 10.1 Å². The third-order valence-electron chi connectivity index (χ3n) is 3.00. The Hall–Kier alpha value is -1.79. The first-order valence-electron chi connectivity index (χ1n) is 5.88. The number of nitrogens with zero attached hydrogens (tertiary/aromatic N) is 1. The fraction of sp³-hybridized carbons (Fsp3) is 0.727. The molecule has 3 amide bonds. The van der Waals surface area contributed by atoms with Crippen LogP contribution in [0.15, 0.2) is 0 Å². The molecule has 1 heterocycles. The molecule has 18 heavy (non-hydrogen) atoms. The van der Waals surface area contributed by atoms with Crippen LogP contribution < -0.4 is 11.1 Å². The van der Waals surface area contributed by atoms with Crippen LogP contribution in [0.2, 0.25) is 0 Å². The highest BCUT2D eigenvalue weighted by atomic mass is 16.5. The minimum atomic E-state index is -0.739. The van der Waals surface area contributed by atoms with E-state index < -0.39 is 12.1 Å². The fourth-order valence-electron chi connectivity index (χ4n) is 2.09. The summed E-state index contributed by atoms with van der Waals surface area (Å²) in [4.78, 5) is 35.7. The number of methoxy groups -OCH3 is 1. The number of carbonyl (C=O) groups excluding carboxylic acids is 3. The summed E-state index contributed by atoms with van der Waals surface area (Å²) >= 11 is 0. The molecule has 0 aliphatic carbocycles. The lowest BCUT2D eigenvalue weighted by Gasteiger charge is -2.33. The Bertz CT molecular complexity index is 345. The maximum absolute atomic E-state index is 12.0. The van der Waals surface area contributed by atoms with Crippen LogP contribution in [-0.4, -0.2) is 49.0 Å². The van der Waals surface area contributed by atoms with Gasteiger partial charge in [0.15, 0.2) is 0 Å². The Morgan fingerprint density at radius 2 is 2.11 bits per heavy atom. The number of hydrogen-bond donors (Lipinski definition) is 2. The SMILES string of the molecule is COC(=O)C1CCCN(C(=O)C(C)NC(N)=O)C1. The molecular weight excluding hydrogens is 238 g/mol. The van der Waals surface area contributed by atoms with Gasteiger partial charge in [0, 0.05) is 13.1 Å². The zero-order chi connectivity index (χ0) is 13.7. The van der Waals surface area contributed by atoms with E-state index in [1.165, 1.54) is 7.11 Å². The van der Waals surface area contributed by atoms with Gasteiger partial charge in [0.2, 0.25) is 5.91 Å². The van der Waals surface area contributed by atoms with Crippen molar-refractivity contribution in [3.05, 3.63) is 0 Å². The Labute approximate surface area is 106 Å². The summed E-state index contributed by atoms with van der Waals surface area (Å²) in [6.45, 7) is 2.47. The van der Waals surface area contributed by atoms with E-state index in [1.54, 1.807) is 11.8 Å². The number of esters is 1. The van der Waals surface area contributed by atoms with Crippen LogP contribution in [-0.2, 0) is 14.3 Å². The number of carbonyl (C=O) groups is 3. The minimum absolute atomic E-state index is 0.234. The lowest BCUT2D eigenvalue weighted by Crippen LogP contribution is -2.51. The lowest BCUT2D eigenvalue weighted by molar-refractivity contribution is -0.149. The van der Waals surface area contributed by atoms with Crippen molar-refractivity contribution in [2.24, 2.45) is 11.7 Å². The third-order valence-corrected chi connectivity index (χ3v) is 3.00. The minimum Gasteiger partial charge on any atom is -0.469 e. The fourth-order valence-corrected chi connectivity index (χ4v) is 2.09. The second-order valence-corrected chi connectivity index (χ2v) is 4.38. The predicted octanol–water partition coefficient (Wildman–Crippen LogP) is -0.545. The van der Waals surface area contributed by atoms with Crippen molar-refractivity contribution in [1.82, 2.24) is 10.2 Å². The average Bonchev–Trinajstić information content (AvgIpc) is 2.36.